The second-order valence-electron chi connectivity index (χ2n) is 5.70. The van der Waals surface area contributed by atoms with E-state index in [1.807, 2.05) is 34.6 Å². The Morgan fingerprint density at radius 1 is 1.26 bits per heavy atom. The Balaban J connectivity index is 2.76. The first-order valence-electron chi connectivity index (χ1n) is 6.56. The van der Waals surface area contributed by atoms with Crippen molar-refractivity contribution in [2.75, 3.05) is 0 Å². The Bertz CT molecular complexity index is 431. The van der Waals surface area contributed by atoms with Crippen LogP contribution in [-0.2, 0) is 16.8 Å². The summed E-state index contributed by atoms with van der Waals surface area (Å²) in [5.41, 5.74) is -1.14. The van der Waals surface area contributed by atoms with Crippen molar-refractivity contribution in [1.29, 1.82) is 0 Å². The molecule has 1 rings (SSSR count). The number of nitrogens with one attached hydrogen (secondary N) is 1. The van der Waals surface area contributed by atoms with Gasteiger partial charge >= 0.3 is 5.97 Å². The van der Waals surface area contributed by atoms with Crippen LogP contribution in [0.15, 0.2) is 4.42 Å². The molecule has 0 spiro atoms. The van der Waals surface area contributed by atoms with Gasteiger partial charge in [0, 0.05) is 5.41 Å². The lowest BCUT2D eigenvalue weighted by molar-refractivity contribution is -0.145. The Morgan fingerprint density at radius 2 is 1.84 bits per heavy atom. The first-order valence-corrected chi connectivity index (χ1v) is 6.56. The number of hydrogen-bond donors (Lipinski definition) is 2. The minimum atomic E-state index is -0.934. The van der Waals surface area contributed by atoms with Crippen molar-refractivity contribution >= 4 is 5.97 Å². The number of carbonyl (C=O) groups is 1. The van der Waals surface area contributed by atoms with Crippen LogP contribution < -0.4 is 5.32 Å². The predicted octanol–water partition coefficient (Wildman–Crippen LogP) is 2.10. The Morgan fingerprint density at radius 3 is 2.21 bits per heavy atom. The lowest BCUT2D eigenvalue weighted by Gasteiger charge is -2.27. The Hall–Kier alpha value is -1.43. The molecule has 0 atom stereocenters. The van der Waals surface area contributed by atoms with Gasteiger partial charge in [0.25, 0.3) is 0 Å². The number of nitrogens with zero attached hydrogens (tertiary/aromatic N) is 2. The van der Waals surface area contributed by atoms with Gasteiger partial charge in [-0.25, -0.2) is 0 Å². The van der Waals surface area contributed by atoms with Gasteiger partial charge in [-0.15, -0.1) is 10.2 Å². The number of rotatable bonds is 6. The zero-order valence-electron chi connectivity index (χ0n) is 12.3. The van der Waals surface area contributed by atoms with E-state index in [4.69, 9.17) is 4.42 Å². The number of hydrogen-bond acceptors (Lipinski definition) is 5. The third kappa shape index (κ3) is 3.53. The van der Waals surface area contributed by atoms with Crippen molar-refractivity contribution in [1.82, 2.24) is 15.5 Å². The van der Waals surface area contributed by atoms with E-state index in [0.29, 0.717) is 24.6 Å². The van der Waals surface area contributed by atoms with Crippen LogP contribution in [0.2, 0.25) is 0 Å². The number of carboxylic acids is 1. The summed E-state index contributed by atoms with van der Waals surface area (Å²) in [6, 6.07) is 0. The SMILES string of the molecule is CCC(CC)(NCc1nnc(C(C)(C)C)o1)C(=O)O. The van der Waals surface area contributed by atoms with Gasteiger partial charge in [-0.3, -0.25) is 10.1 Å². The van der Waals surface area contributed by atoms with Crippen LogP contribution in [0.5, 0.6) is 0 Å². The Kier molecular flexibility index (Phi) is 4.68. The van der Waals surface area contributed by atoms with Crippen LogP contribution in [0.1, 0.15) is 59.2 Å². The topological polar surface area (TPSA) is 88.3 Å². The molecule has 1 aromatic rings. The van der Waals surface area contributed by atoms with Gasteiger partial charge in [-0.05, 0) is 12.8 Å². The van der Waals surface area contributed by atoms with Gasteiger partial charge in [0.2, 0.25) is 11.8 Å². The van der Waals surface area contributed by atoms with Gasteiger partial charge in [-0.2, -0.15) is 0 Å². The summed E-state index contributed by atoms with van der Waals surface area (Å²) < 4.78 is 5.53. The molecular weight excluding hydrogens is 246 g/mol. The highest BCUT2D eigenvalue weighted by atomic mass is 16.4. The summed E-state index contributed by atoms with van der Waals surface area (Å²) >= 11 is 0. The van der Waals surface area contributed by atoms with Gasteiger partial charge in [0.05, 0.1) is 6.54 Å². The summed E-state index contributed by atoms with van der Waals surface area (Å²) in [6.07, 6.45) is 0.998. The highest BCUT2D eigenvalue weighted by Crippen LogP contribution is 2.21. The molecular formula is C13H23N3O3. The van der Waals surface area contributed by atoms with Gasteiger partial charge in [0.1, 0.15) is 5.54 Å². The maximum atomic E-state index is 11.3. The molecule has 6 heteroatoms. The van der Waals surface area contributed by atoms with E-state index in [0.717, 1.165) is 0 Å². The Labute approximate surface area is 113 Å². The molecule has 2 N–H and O–H groups in total. The molecule has 0 saturated heterocycles. The van der Waals surface area contributed by atoms with Crippen LogP contribution in [0.4, 0.5) is 0 Å². The van der Waals surface area contributed by atoms with E-state index in [9.17, 15) is 9.90 Å². The van der Waals surface area contributed by atoms with E-state index in [2.05, 4.69) is 15.5 Å². The first kappa shape index (κ1) is 15.6. The summed E-state index contributed by atoms with van der Waals surface area (Å²) in [7, 11) is 0. The van der Waals surface area contributed by atoms with E-state index in [1.165, 1.54) is 0 Å². The first-order chi connectivity index (χ1) is 8.75. The highest BCUT2D eigenvalue weighted by Gasteiger charge is 2.34. The predicted molar refractivity (Wildman–Crippen MR) is 70.8 cm³/mol. The summed E-state index contributed by atoms with van der Waals surface area (Å²) in [6.45, 7) is 9.90. The molecule has 0 bridgehead atoms. The van der Waals surface area contributed by atoms with Crippen LogP contribution >= 0.6 is 0 Å². The highest BCUT2D eigenvalue weighted by molar-refractivity contribution is 5.78. The van der Waals surface area contributed by atoms with Gasteiger partial charge in [-0.1, -0.05) is 34.6 Å². The van der Waals surface area contributed by atoms with Crippen molar-refractivity contribution in [3.63, 3.8) is 0 Å². The second kappa shape index (κ2) is 5.69. The molecule has 0 aliphatic heterocycles. The normalized spacial score (nSPS) is 12.7. The molecule has 1 heterocycles. The summed E-state index contributed by atoms with van der Waals surface area (Å²) in [5.74, 6) is 0.115. The molecule has 0 aliphatic rings. The maximum absolute atomic E-state index is 11.3. The largest absolute Gasteiger partial charge is 0.480 e. The van der Waals surface area contributed by atoms with Gasteiger partial charge < -0.3 is 9.52 Å². The second-order valence-corrected chi connectivity index (χ2v) is 5.70. The molecule has 1 aromatic heterocycles. The van der Waals surface area contributed by atoms with E-state index in [1.54, 1.807) is 0 Å². The lowest BCUT2D eigenvalue weighted by Crippen LogP contribution is -2.50. The summed E-state index contributed by atoms with van der Waals surface area (Å²) in [5, 5.41) is 20.2. The van der Waals surface area contributed by atoms with Crippen molar-refractivity contribution in [2.45, 2.75) is 65.0 Å². The molecule has 19 heavy (non-hydrogen) atoms. The minimum Gasteiger partial charge on any atom is -0.480 e. The van der Waals surface area contributed by atoms with Gasteiger partial charge in [0.15, 0.2) is 0 Å². The maximum Gasteiger partial charge on any atom is 0.323 e. The number of aliphatic carboxylic acids is 1. The third-order valence-corrected chi connectivity index (χ3v) is 3.30. The molecule has 0 aliphatic carbocycles. The van der Waals surface area contributed by atoms with Crippen molar-refractivity contribution < 1.29 is 14.3 Å². The molecule has 0 fully saturated rings. The van der Waals surface area contributed by atoms with Crippen molar-refractivity contribution in [3.8, 4) is 0 Å². The summed E-state index contributed by atoms with van der Waals surface area (Å²) in [4.78, 5) is 11.3. The van der Waals surface area contributed by atoms with Crippen LogP contribution in [0.25, 0.3) is 0 Å². The third-order valence-electron chi connectivity index (χ3n) is 3.30. The van der Waals surface area contributed by atoms with Crippen LogP contribution in [-0.4, -0.2) is 26.8 Å². The smallest absolute Gasteiger partial charge is 0.323 e. The molecule has 0 unspecified atom stereocenters. The molecule has 0 radical (unpaired) electrons. The fraction of sp³-hybridized carbons (Fsp3) is 0.769. The average molecular weight is 269 g/mol. The average Bonchev–Trinajstić information content (AvgIpc) is 2.79. The molecule has 0 saturated carbocycles. The number of aromatic nitrogens is 2. The molecule has 108 valence electrons. The van der Waals surface area contributed by atoms with Crippen molar-refractivity contribution in [3.05, 3.63) is 11.8 Å². The van der Waals surface area contributed by atoms with Crippen LogP contribution in [0, 0.1) is 0 Å². The lowest BCUT2D eigenvalue weighted by atomic mass is 9.93. The monoisotopic (exact) mass is 269 g/mol. The van der Waals surface area contributed by atoms with E-state index in [-0.39, 0.29) is 12.0 Å². The molecule has 6 nitrogen and oxygen atoms in total. The minimum absolute atomic E-state index is 0.204. The van der Waals surface area contributed by atoms with E-state index >= 15 is 0 Å². The number of carboxylic acid groups (broad SMARTS) is 1. The standard InChI is InChI=1S/C13H23N3O3/c1-6-13(7-2,11(17)18)14-8-9-15-16-10(19-9)12(3,4)5/h14H,6-8H2,1-5H3,(H,17,18). The fourth-order valence-electron chi connectivity index (χ4n) is 1.75. The molecule has 0 aromatic carbocycles. The fourth-order valence-corrected chi connectivity index (χ4v) is 1.75. The van der Waals surface area contributed by atoms with Crippen LogP contribution in [0.3, 0.4) is 0 Å². The zero-order valence-corrected chi connectivity index (χ0v) is 12.3. The van der Waals surface area contributed by atoms with Crippen molar-refractivity contribution in [2.24, 2.45) is 0 Å². The molecule has 0 amide bonds. The quantitative estimate of drug-likeness (QED) is 0.822. The zero-order chi connectivity index (χ0) is 14.7. The van der Waals surface area contributed by atoms with E-state index < -0.39 is 11.5 Å².